The third-order valence-corrected chi connectivity index (χ3v) is 4.53. The minimum Gasteiger partial charge on any atom is -0.360 e. The second-order valence-corrected chi connectivity index (χ2v) is 6.00. The summed E-state index contributed by atoms with van der Waals surface area (Å²) >= 11 is 0. The van der Waals surface area contributed by atoms with Gasteiger partial charge in [-0.15, -0.1) is 0 Å². The SMILES string of the molecule is Cc1noc(C)c1S(=O)(=O)NCC1=CCNCC1. The van der Waals surface area contributed by atoms with Gasteiger partial charge in [-0.25, -0.2) is 13.1 Å². The van der Waals surface area contributed by atoms with E-state index < -0.39 is 10.0 Å². The van der Waals surface area contributed by atoms with Crippen LogP contribution in [0.3, 0.4) is 0 Å². The molecule has 2 heterocycles. The molecule has 18 heavy (non-hydrogen) atoms. The molecule has 2 rings (SSSR count). The number of nitrogens with one attached hydrogen (secondary N) is 2. The zero-order valence-electron chi connectivity index (χ0n) is 10.5. The van der Waals surface area contributed by atoms with Crippen LogP contribution in [0.2, 0.25) is 0 Å². The summed E-state index contributed by atoms with van der Waals surface area (Å²) in [7, 11) is -3.55. The maximum Gasteiger partial charge on any atom is 0.246 e. The van der Waals surface area contributed by atoms with Crippen LogP contribution >= 0.6 is 0 Å². The van der Waals surface area contributed by atoms with Crippen LogP contribution in [-0.2, 0) is 10.0 Å². The van der Waals surface area contributed by atoms with Gasteiger partial charge in [0.25, 0.3) is 0 Å². The number of nitrogens with zero attached hydrogens (tertiary/aromatic N) is 1. The minimum absolute atomic E-state index is 0.150. The second kappa shape index (κ2) is 5.21. The zero-order chi connectivity index (χ0) is 13.2. The lowest BCUT2D eigenvalue weighted by molar-refractivity contribution is 0.390. The van der Waals surface area contributed by atoms with Gasteiger partial charge in [-0.05, 0) is 26.8 Å². The van der Waals surface area contributed by atoms with E-state index in [0.29, 0.717) is 18.0 Å². The summed E-state index contributed by atoms with van der Waals surface area (Å²) in [6.45, 7) is 5.24. The first-order valence-electron chi connectivity index (χ1n) is 5.82. The summed E-state index contributed by atoms with van der Waals surface area (Å²) in [5.41, 5.74) is 1.49. The first-order valence-corrected chi connectivity index (χ1v) is 7.30. The van der Waals surface area contributed by atoms with Crippen molar-refractivity contribution in [1.29, 1.82) is 0 Å². The predicted molar refractivity (Wildman–Crippen MR) is 66.7 cm³/mol. The fraction of sp³-hybridized carbons (Fsp3) is 0.545. The van der Waals surface area contributed by atoms with Crippen LogP contribution in [0.5, 0.6) is 0 Å². The Morgan fingerprint density at radius 2 is 2.28 bits per heavy atom. The Hall–Kier alpha value is -1.18. The Morgan fingerprint density at radius 3 is 2.83 bits per heavy atom. The minimum atomic E-state index is -3.55. The number of hydrogen-bond acceptors (Lipinski definition) is 5. The highest BCUT2D eigenvalue weighted by Crippen LogP contribution is 2.18. The van der Waals surface area contributed by atoms with Gasteiger partial charge in [0.1, 0.15) is 10.6 Å². The van der Waals surface area contributed by atoms with E-state index >= 15 is 0 Å². The van der Waals surface area contributed by atoms with Crippen LogP contribution in [0.1, 0.15) is 17.9 Å². The quantitative estimate of drug-likeness (QED) is 0.779. The molecular weight excluding hydrogens is 254 g/mol. The fourth-order valence-corrected chi connectivity index (χ4v) is 3.31. The van der Waals surface area contributed by atoms with Gasteiger partial charge in [0.15, 0.2) is 5.76 Å². The van der Waals surface area contributed by atoms with E-state index in [-0.39, 0.29) is 4.90 Å². The van der Waals surface area contributed by atoms with Crippen molar-refractivity contribution in [2.45, 2.75) is 25.2 Å². The summed E-state index contributed by atoms with van der Waals surface area (Å²) in [6.07, 6.45) is 2.88. The van der Waals surface area contributed by atoms with Crippen molar-refractivity contribution in [1.82, 2.24) is 15.2 Å². The number of rotatable bonds is 4. The molecule has 2 N–H and O–H groups in total. The summed E-state index contributed by atoms with van der Waals surface area (Å²) in [4.78, 5) is 0.150. The Labute approximate surface area is 106 Å². The lowest BCUT2D eigenvalue weighted by atomic mass is 10.1. The Morgan fingerprint density at radius 1 is 1.50 bits per heavy atom. The van der Waals surface area contributed by atoms with Crippen LogP contribution in [0.25, 0.3) is 0 Å². The van der Waals surface area contributed by atoms with Crippen molar-refractivity contribution in [2.75, 3.05) is 19.6 Å². The van der Waals surface area contributed by atoms with Crippen LogP contribution in [0, 0.1) is 13.8 Å². The van der Waals surface area contributed by atoms with Crippen molar-refractivity contribution in [3.63, 3.8) is 0 Å². The van der Waals surface area contributed by atoms with Crippen LogP contribution in [0.15, 0.2) is 21.1 Å². The average molecular weight is 271 g/mol. The molecule has 0 saturated heterocycles. The van der Waals surface area contributed by atoms with Crippen molar-refractivity contribution in [3.05, 3.63) is 23.1 Å². The van der Waals surface area contributed by atoms with Gasteiger partial charge >= 0.3 is 0 Å². The molecule has 1 aliphatic heterocycles. The molecule has 0 saturated carbocycles. The molecule has 0 bridgehead atoms. The van der Waals surface area contributed by atoms with Gasteiger partial charge in [0.2, 0.25) is 10.0 Å². The third-order valence-electron chi connectivity index (χ3n) is 2.88. The second-order valence-electron chi connectivity index (χ2n) is 4.29. The standard InChI is InChI=1S/C11H17N3O3S/c1-8-11(9(2)17-14-8)18(15,16)13-7-10-3-5-12-6-4-10/h3,12-13H,4-7H2,1-2H3. The van der Waals surface area contributed by atoms with E-state index in [1.807, 2.05) is 6.08 Å². The molecule has 0 aromatic carbocycles. The molecule has 7 heteroatoms. The van der Waals surface area contributed by atoms with E-state index in [1.165, 1.54) is 0 Å². The molecule has 0 aliphatic carbocycles. The lowest BCUT2D eigenvalue weighted by Crippen LogP contribution is -2.30. The lowest BCUT2D eigenvalue weighted by Gasteiger charge is -2.14. The molecule has 0 fully saturated rings. The number of sulfonamides is 1. The number of aromatic nitrogens is 1. The van der Waals surface area contributed by atoms with Crippen LogP contribution in [0.4, 0.5) is 0 Å². The van der Waals surface area contributed by atoms with E-state index in [0.717, 1.165) is 25.1 Å². The third kappa shape index (κ3) is 2.80. The summed E-state index contributed by atoms with van der Waals surface area (Å²) < 4.78 is 31.7. The van der Waals surface area contributed by atoms with Gasteiger partial charge in [-0.2, -0.15) is 0 Å². The first kappa shape index (κ1) is 13.3. The smallest absolute Gasteiger partial charge is 0.246 e. The topological polar surface area (TPSA) is 84.2 Å². The maximum absolute atomic E-state index is 12.1. The van der Waals surface area contributed by atoms with Crippen molar-refractivity contribution < 1.29 is 12.9 Å². The molecule has 0 atom stereocenters. The zero-order valence-corrected chi connectivity index (χ0v) is 11.3. The summed E-state index contributed by atoms with van der Waals surface area (Å²) in [5, 5.41) is 6.84. The number of hydrogen-bond donors (Lipinski definition) is 2. The molecule has 100 valence electrons. The van der Waals surface area contributed by atoms with E-state index in [9.17, 15) is 8.42 Å². The summed E-state index contributed by atoms with van der Waals surface area (Å²) in [5.74, 6) is 0.319. The van der Waals surface area contributed by atoms with Gasteiger partial charge < -0.3 is 9.84 Å². The van der Waals surface area contributed by atoms with E-state index in [4.69, 9.17) is 4.52 Å². The maximum atomic E-state index is 12.1. The Kier molecular flexibility index (Phi) is 3.84. The molecule has 1 aromatic rings. The van der Waals surface area contributed by atoms with Crippen molar-refractivity contribution in [2.24, 2.45) is 0 Å². The highest BCUT2D eigenvalue weighted by Gasteiger charge is 2.24. The monoisotopic (exact) mass is 271 g/mol. The fourth-order valence-electron chi connectivity index (χ4n) is 1.95. The van der Waals surface area contributed by atoms with Gasteiger partial charge in [0.05, 0.1) is 0 Å². The highest BCUT2D eigenvalue weighted by molar-refractivity contribution is 7.89. The van der Waals surface area contributed by atoms with Crippen molar-refractivity contribution >= 4 is 10.0 Å². The van der Waals surface area contributed by atoms with Crippen molar-refractivity contribution in [3.8, 4) is 0 Å². The Bertz CT molecular complexity index is 541. The predicted octanol–water partition coefficient (Wildman–Crippen LogP) is 0.489. The molecular formula is C11H17N3O3S. The average Bonchev–Trinajstić information content (AvgIpc) is 2.69. The van der Waals surface area contributed by atoms with E-state index in [1.54, 1.807) is 13.8 Å². The normalized spacial score (nSPS) is 16.7. The molecule has 0 amide bonds. The molecule has 1 aromatic heterocycles. The van der Waals surface area contributed by atoms with Crippen LogP contribution < -0.4 is 10.0 Å². The molecule has 0 unspecified atom stereocenters. The number of aryl methyl sites for hydroxylation is 2. The highest BCUT2D eigenvalue weighted by atomic mass is 32.2. The Balaban J connectivity index is 2.10. The van der Waals surface area contributed by atoms with E-state index in [2.05, 4.69) is 15.2 Å². The summed E-state index contributed by atoms with van der Waals surface area (Å²) in [6, 6.07) is 0. The molecule has 1 aliphatic rings. The van der Waals surface area contributed by atoms with Gasteiger partial charge in [-0.1, -0.05) is 16.8 Å². The van der Waals surface area contributed by atoms with Crippen LogP contribution in [-0.4, -0.2) is 33.2 Å². The first-order chi connectivity index (χ1) is 8.50. The molecule has 6 nitrogen and oxygen atoms in total. The van der Waals surface area contributed by atoms with Gasteiger partial charge in [-0.3, -0.25) is 0 Å². The van der Waals surface area contributed by atoms with Gasteiger partial charge in [0, 0.05) is 13.1 Å². The molecule has 0 radical (unpaired) electrons. The largest absolute Gasteiger partial charge is 0.360 e. The molecule has 0 spiro atoms.